The summed E-state index contributed by atoms with van der Waals surface area (Å²) in [6, 6.07) is 0. The Morgan fingerprint density at radius 1 is 1.24 bits per heavy atom. The summed E-state index contributed by atoms with van der Waals surface area (Å²) in [5.74, 6) is 0. The summed E-state index contributed by atoms with van der Waals surface area (Å²) in [5, 5.41) is 28.4. The average molecular weight is 300 g/mol. The standard InChI is InChI=1S/C16H28O5/c1-11(2)5-4-6-12(3)7-8-20-15-9-13(18)16(19)14(10-17)21-15/h5,7,13-19H,4,6,8-10H2,1-3H3/b12-7+/t13-,14-,15-,16+/m1/s1. The van der Waals surface area contributed by atoms with Gasteiger partial charge in [0.2, 0.25) is 0 Å². The molecule has 0 aromatic carbocycles. The number of ether oxygens (including phenoxy) is 2. The molecule has 3 N–H and O–H groups in total. The molecule has 5 heteroatoms. The van der Waals surface area contributed by atoms with Crippen molar-refractivity contribution in [2.75, 3.05) is 13.2 Å². The number of aliphatic hydroxyl groups excluding tert-OH is 3. The molecule has 0 aromatic heterocycles. The average Bonchev–Trinajstić information content (AvgIpc) is 2.42. The number of rotatable bonds is 7. The first kappa shape index (κ1) is 18.3. The molecule has 0 aromatic rings. The predicted octanol–water partition coefficient (Wildman–Crippen LogP) is 1.52. The molecule has 0 radical (unpaired) electrons. The molecule has 0 spiro atoms. The van der Waals surface area contributed by atoms with Crippen molar-refractivity contribution in [2.45, 2.75) is 64.6 Å². The Kier molecular flexibility index (Phi) is 8.14. The molecule has 1 fully saturated rings. The molecule has 0 saturated carbocycles. The largest absolute Gasteiger partial charge is 0.394 e. The molecule has 122 valence electrons. The summed E-state index contributed by atoms with van der Waals surface area (Å²) in [5.41, 5.74) is 2.56. The molecular weight excluding hydrogens is 272 g/mol. The van der Waals surface area contributed by atoms with Crippen LogP contribution in [-0.4, -0.2) is 53.1 Å². The Hall–Kier alpha value is -0.720. The molecule has 1 heterocycles. The van der Waals surface area contributed by atoms with Crippen molar-refractivity contribution in [1.29, 1.82) is 0 Å². The number of hydrogen-bond donors (Lipinski definition) is 3. The monoisotopic (exact) mass is 300 g/mol. The second kappa shape index (κ2) is 9.33. The summed E-state index contributed by atoms with van der Waals surface area (Å²) >= 11 is 0. The fourth-order valence-electron chi connectivity index (χ4n) is 2.16. The van der Waals surface area contributed by atoms with Crippen molar-refractivity contribution >= 4 is 0 Å². The number of allylic oxidation sites excluding steroid dienone is 3. The van der Waals surface area contributed by atoms with Gasteiger partial charge in [0, 0.05) is 6.42 Å². The second-order valence-corrected chi connectivity index (χ2v) is 5.78. The van der Waals surface area contributed by atoms with E-state index in [0.717, 1.165) is 12.8 Å². The first-order valence-electron chi connectivity index (χ1n) is 7.47. The van der Waals surface area contributed by atoms with E-state index in [-0.39, 0.29) is 13.0 Å². The van der Waals surface area contributed by atoms with Gasteiger partial charge in [-0.15, -0.1) is 0 Å². The molecule has 1 aliphatic rings. The van der Waals surface area contributed by atoms with Gasteiger partial charge in [-0.05, 0) is 33.6 Å². The summed E-state index contributed by atoms with van der Waals surface area (Å²) in [7, 11) is 0. The highest BCUT2D eigenvalue weighted by atomic mass is 16.7. The lowest BCUT2D eigenvalue weighted by Gasteiger charge is -2.35. The Morgan fingerprint density at radius 2 is 1.95 bits per heavy atom. The fourth-order valence-corrected chi connectivity index (χ4v) is 2.16. The van der Waals surface area contributed by atoms with Gasteiger partial charge in [0.25, 0.3) is 0 Å². The van der Waals surface area contributed by atoms with Crippen LogP contribution in [0.1, 0.15) is 40.0 Å². The maximum atomic E-state index is 9.68. The Morgan fingerprint density at radius 3 is 2.57 bits per heavy atom. The van der Waals surface area contributed by atoms with E-state index in [9.17, 15) is 10.2 Å². The minimum absolute atomic E-state index is 0.211. The van der Waals surface area contributed by atoms with Gasteiger partial charge in [0.15, 0.2) is 6.29 Å². The van der Waals surface area contributed by atoms with E-state index in [0.29, 0.717) is 6.61 Å². The number of hydrogen-bond acceptors (Lipinski definition) is 5. The van der Waals surface area contributed by atoms with Crippen LogP contribution >= 0.6 is 0 Å². The van der Waals surface area contributed by atoms with E-state index in [1.165, 1.54) is 11.1 Å². The van der Waals surface area contributed by atoms with Crippen LogP contribution in [0, 0.1) is 0 Å². The molecule has 0 amide bonds. The Labute approximate surface area is 126 Å². The van der Waals surface area contributed by atoms with Gasteiger partial charge in [0.05, 0.1) is 19.3 Å². The van der Waals surface area contributed by atoms with Crippen molar-refractivity contribution in [3.63, 3.8) is 0 Å². The summed E-state index contributed by atoms with van der Waals surface area (Å²) in [6.45, 7) is 6.28. The molecule has 0 unspecified atom stereocenters. The second-order valence-electron chi connectivity index (χ2n) is 5.78. The van der Waals surface area contributed by atoms with Crippen LogP contribution < -0.4 is 0 Å². The SMILES string of the molecule is CC(C)=CCC/C(C)=C/CO[C@H]1C[C@@H](O)[C@H](O)[C@@H](CO)O1. The number of aliphatic hydroxyl groups is 3. The first-order chi connectivity index (χ1) is 9.93. The van der Waals surface area contributed by atoms with E-state index < -0.39 is 24.6 Å². The lowest BCUT2D eigenvalue weighted by molar-refractivity contribution is -0.253. The molecule has 1 saturated heterocycles. The van der Waals surface area contributed by atoms with Crippen molar-refractivity contribution in [1.82, 2.24) is 0 Å². The zero-order valence-corrected chi connectivity index (χ0v) is 13.2. The highest BCUT2D eigenvalue weighted by molar-refractivity contribution is 5.02. The predicted molar refractivity (Wildman–Crippen MR) is 80.8 cm³/mol. The van der Waals surface area contributed by atoms with Crippen LogP contribution in [0.2, 0.25) is 0 Å². The van der Waals surface area contributed by atoms with Gasteiger partial charge in [-0.2, -0.15) is 0 Å². The van der Waals surface area contributed by atoms with E-state index in [1.807, 2.05) is 6.08 Å². The maximum absolute atomic E-state index is 9.68. The molecule has 0 bridgehead atoms. The van der Waals surface area contributed by atoms with Crippen molar-refractivity contribution in [3.05, 3.63) is 23.3 Å². The molecule has 4 atom stereocenters. The van der Waals surface area contributed by atoms with Crippen LogP contribution in [-0.2, 0) is 9.47 Å². The van der Waals surface area contributed by atoms with E-state index in [1.54, 1.807) is 0 Å². The fraction of sp³-hybridized carbons (Fsp3) is 0.750. The molecule has 5 nitrogen and oxygen atoms in total. The third-order valence-electron chi connectivity index (χ3n) is 3.52. The van der Waals surface area contributed by atoms with Crippen LogP contribution in [0.5, 0.6) is 0 Å². The summed E-state index contributed by atoms with van der Waals surface area (Å²) < 4.78 is 10.9. The topological polar surface area (TPSA) is 79.2 Å². The van der Waals surface area contributed by atoms with Gasteiger partial charge < -0.3 is 24.8 Å². The molecule has 1 rings (SSSR count). The normalized spacial score (nSPS) is 30.3. The smallest absolute Gasteiger partial charge is 0.161 e. The quantitative estimate of drug-likeness (QED) is 0.621. The molecule has 1 aliphatic heterocycles. The lowest BCUT2D eigenvalue weighted by Crippen LogP contribution is -2.50. The van der Waals surface area contributed by atoms with Crippen molar-refractivity contribution in [2.24, 2.45) is 0 Å². The third-order valence-corrected chi connectivity index (χ3v) is 3.52. The lowest BCUT2D eigenvalue weighted by atomic mass is 10.0. The minimum Gasteiger partial charge on any atom is -0.394 e. The molecule has 0 aliphatic carbocycles. The van der Waals surface area contributed by atoms with Crippen molar-refractivity contribution < 1.29 is 24.8 Å². The zero-order chi connectivity index (χ0) is 15.8. The third kappa shape index (κ3) is 6.72. The van der Waals surface area contributed by atoms with Gasteiger partial charge in [-0.3, -0.25) is 0 Å². The summed E-state index contributed by atoms with van der Waals surface area (Å²) in [6.07, 6.45) is 3.04. The molecule has 21 heavy (non-hydrogen) atoms. The zero-order valence-electron chi connectivity index (χ0n) is 13.2. The van der Waals surface area contributed by atoms with Crippen molar-refractivity contribution in [3.8, 4) is 0 Å². The minimum atomic E-state index is -1.06. The van der Waals surface area contributed by atoms with Gasteiger partial charge in [-0.25, -0.2) is 0 Å². The maximum Gasteiger partial charge on any atom is 0.161 e. The highest BCUT2D eigenvalue weighted by Gasteiger charge is 2.36. The Balaban J connectivity index is 2.32. The van der Waals surface area contributed by atoms with E-state index >= 15 is 0 Å². The van der Waals surface area contributed by atoms with Crippen LogP contribution in [0.3, 0.4) is 0 Å². The van der Waals surface area contributed by atoms with Crippen LogP contribution in [0.25, 0.3) is 0 Å². The van der Waals surface area contributed by atoms with Gasteiger partial charge >= 0.3 is 0 Å². The van der Waals surface area contributed by atoms with Crippen LogP contribution in [0.4, 0.5) is 0 Å². The van der Waals surface area contributed by atoms with Gasteiger partial charge in [0.1, 0.15) is 12.2 Å². The molecular formula is C16H28O5. The Bertz CT molecular complexity index is 360. The first-order valence-corrected chi connectivity index (χ1v) is 7.47. The van der Waals surface area contributed by atoms with E-state index in [2.05, 4.69) is 26.8 Å². The highest BCUT2D eigenvalue weighted by Crippen LogP contribution is 2.21. The van der Waals surface area contributed by atoms with Gasteiger partial charge in [-0.1, -0.05) is 23.3 Å². The summed E-state index contributed by atoms with van der Waals surface area (Å²) in [4.78, 5) is 0. The van der Waals surface area contributed by atoms with Crippen LogP contribution in [0.15, 0.2) is 23.3 Å². The van der Waals surface area contributed by atoms with E-state index in [4.69, 9.17) is 14.6 Å².